The second-order valence-electron chi connectivity index (χ2n) is 8.32. The van der Waals surface area contributed by atoms with Crippen molar-refractivity contribution in [3.63, 3.8) is 0 Å². The average Bonchev–Trinajstić information content (AvgIpc) is 3.04. The number of thiazole rings is 1. The molecule has 0 amide bonds. The molecule has 0 bridgehead atoms. The van der Waals surface area contributed by atoms with Gasteiger partial charge in [-0.1, -0.05) is 50.3 Å². The van der Waals surface area contributed by atoms with E-state index in [1.165, 1.54) is 11.3 Å². The number of para-hydroxylation sites is 1. The van der Waals surface area contributed by atoms with Gasteiger partial charge in [-0.05, 0) is 36.3 Å². The fraction of sp³-hybridized carbons (Fsp3) is 0.550. The summed E-state index contributed by atoms with van der Waals surface area (Å²) in [5.41, 5.74) is 0.922. The third kappa shape index (κ3) is 5.00. The Morgan fingerprint density at radius 1 is 1.18 bits per heavy atom. The maximum absolute atomic E-state index is 6.00. The van der Waals surface area contributed by atoms with Crippen molar-refractivity contribution >= 4 is 29.9 Å². The second kappa shape index (κ2) is 8.60. The molecule has 1 aliphatic rings. The summed E-state index contributed by atoms with van der Waals surface area (Å²) in [6.07, 6.45) is 2.68. The van der Waals surface area contributed by atoms with E-state index < -0.39 is 14.6 Å². The highest BCUT2D eigenvalue weighted by molar-refractivity contribution is 7.20. The van der Waals surface area contributed by atoms with Crippen LogP contribution in [0.1, 0.15) is 20.8 Å². The Morgan fingerprint density at radius 3 is 2.61 bits per heavy atom. The number of aromatic nitrogens is 1. The molecule has 3 rings (SSSR count). The van der Waals surface area contributed by atoms with Gasteiger partial charge in [0.25, 0.3) is 5.19 Å². The quantitative estimate of drug-likeness (QED) is 0.272. The van der Waals surface area contributed by atoms with E-state index in [9.17, 15) is 0 Å². The molecule has 154 valence electrons. The molecule has 2 aromatic rings. The molecule has 28 heavy (non-hydrogen) atoms. The van der Waals surface area contributed by atoms with Gasteiger partial charge in [-0.25, -0.2) is 9.87 Å². The van der Waals surface area contributed by atoms with Crippen LogP contribution in [0.4, 0.5) is 0 Å². The Balaban J connectivity index is 1.57. The van der Waals surface area contributed by atoms with Gasteiger partial charge >= 0.3 is 0 Å². The van der Waals surface area contributed by atoms with E-state index in [0.717, 1.165) is 10.2 Å². The summed E-state index contributed by atoms with van der Waals surface area (Å²) >= 11 is 1.50. The fourth-order valence-corrected chi connectivity index (χ4v) is 3.86. The van der Waals surface area contributed by atoms with Crippen molar-refractivity contribution in [2.75, 3.05) is 13.7 Å². The van der Waals surface area contributed by atoms with Crippen molar-refractivity contribution in [3.05, 3.63) is 36.4 Å². The lowest BCUT2D eigenvalue weighted by Gasteiger charge is -2.35. The van der Waals surface area contributed by atoms with Gasteiger partial charge in [0.05, 0.1) is 10.2 Å². The molecule has 0 saturated carbocycles. The van der Waals surface area contributed by atoms with Crippen LogP contribution >= 0.6 is 11.3 Å². The van der Waals surface area contributed by atoms with Crippen LogP contribution in [0, 0.1) is 0 Å². The Kier molecular flexibility index (Phi) is 6.58. The van der Waals surface area contributed by atoms with Gasteiger partial charge in [0.1, 0.15) is 12.7 Å². The minimum absolute atomic E-state index is 0.0848. The molecule has 0 aliphatic carbocycles. The molecule has 0 unspecified atom stereocenters. The molecule has 6 nitrogen and oxygen atoms in total. The number of hydrogen-bond acceptors (Lipinski definition) is 7. The van der Waals surface area contributed by atoms with Gasteiger partial charge < -0.3 is 14.2 Å². The monoisotopic (exact) mass is 423 g/mol. The molecule has 3 atom stereocenters. The van der Waals surface area contributed by atoms with Crippen molar-refractivity contribution in [2.24, 2.45) is 0 Å². The number of hydrogen-bond donors (Lipinski definition) is 0. The average molecular weight is 424 g/mol. The molecular weight excluding hydrogens is 394 g/mol. The predicted molar refractivity (Wildman–Crippen MR) is 113 cm³/mol. The topological polar surface area (TPSA) is 59.0 Å². The molecule has 0 fully saturated rings. The first-order valence-electron chi connectivity index (χ1n) is 9.39. The van der Waals surface area contributed by atoms with E-state index in [1.807, 2.05) is 36.4 Å². The van der Waals surface area contributed by atoms with Gasteiger partial charge in [-0.2, -0.15) is 0 Å². The second-order valence-corrected chi connectivity index (χ2v) is 14.0. The Bertz CT molecular complexity index is 783. The number of rotatable bonds is 7. The van der Waals surface area contributed by atoms with Crippen LogP contribution in [0.15, 0.2) is 36.4 Å². The highest BCUT2D eigenvalue weighted by Crippen LogP contribution is 2.36. The summed E-state index contributed by atoms with van der Waals surface area (Å²) in [6, 6.07) is 7.94. The van der Waals surface area contributed by atoms with Crippen LogP contribution in [0.2, 0.25) is 18.1 Å². The molecule has 1 aromatic heterocycles. The van der Waals surface area contributed by atoms with Crippen LogP contribution in [-0.4, -0.2) is 45.5 Å². The number of benzene rings is 1. The number of ether oxygens (including phenoxy) is 3. The molecule has 0 spiro atoms. The number of fused-ring (bicyclic) bond motifs is 1. The highest BCUT2D eigenvalue weighted by atomic mass is 32.1. The fourth-order valence-electron chi connectivity index (χ4n) is 2.39. The lowest BCUT2D eigenvalue weighted by atomic mass is 10.2. The van der Waals surface area contributed by atoms with Crippen LogP contribution in [0.3, 0.4) is 0 Å². The Hall–Kier alpha value is -1.29. The first kappa shape index (κ1) is 21.4. The van der Waals surface area contributed by atoms with E-state index in [4.69, 9.17) is 23.7 Å². The minimum Gasteiger partial charge on any atom is -0.457 e. The van der Waals surface area contributed by atoms with Gasteiger partial charge in [0.15, 0.2) is 12.4 Å². The van der Waals surface area contributed by atoms with Crippen LogP contribution in [0.25, 0.3) is 10.2 Å². The van der Waals surface area contributed by atoms with Gasteiger partial charge in [0.2, 0.25) is 8.32 Å². The predicted octanol–water partition coefficient (Wildman–Crippen LogP) is 4.92. The molecular formula is C20H29NO5SSi. The standard InChI is InChI=1S/C20H29NO5SSi/c1-20(2,3)28(5,6)26-23-13-14-11-12-16(18(22-4)24-14)25-19-21-15-9-7-8-10-17(15)27-19/h7-12,14,16,18H,13H2,1-6H3/t14-,16+,18-/m0/s1. The Morgan fingerprint density at radius 2 is 1.93 bits per heavy atom. The van der Waals surface area contributed by atoms with Crippen molar-refractivity contribution in [2.45, 2.75) is 57.4 Å². The van der Waals surface area contributed by atoms with Crippen molar-refractivity contribution in [1.82, 2.24) is 4.98 Å². The molecule has 0 saturated heterocycles. The zero-order chi connectivity index (χ0) is 20.4. The summed E-state index contributed by atoms with van der Waals surface area (Å²) in [6.45, 7) is 11.1. The van der Waals surface area contributed by atoms with Gasteiger partial charge in [-0.3, -0.25) is 4.58 Å². The van der Waals surface area contributed by atoms with E-state index in [1.54, 1.807) is 7.11 Å². The van der Waals surface area contributed by atoms with Crippen molar-refractivity contribution in [3.8, 4) is 5.19 Å². The van der Waals surface area contributed by atoms with Crippen molar-refractivity contribution < 1.29 is 23.7 Å². The first-order valence-corrected chi connectivity index (χ1v) is 13.1. The van der Waals surface area contributed by atoms with E-state index in [0.29, 0.717) is 11.8 Å². The molecule has 1 aromatic carbocycles. The molecule has 0 radical (unpaired) electrons. The van der Waals surface area contributed by atoms with E-state index >= 15 is 0 Å². The zero-order valence-corrected chi connectivity index (χ0v) is 19.1. The minimum atomic E-state index is -1.96. The van der Waals surface area contributed by atoms with Gasteiger partial charge in [-0.15, -0.1) is 0 Å². The smallest absolute Gasteiger partial charge is 0.275 e. The highest BCUT2D eigenvalue weighted by Gasteiger charge is 2.39. The lowest BCUT2D eigenvalue weighted by molar-refractivity contribution is -0.260. The van der Waals surface area contributed by atoms with Crippen LogP contribution in [-0.2, 0) is 18.9 Å². The van der Waals surface area contributed by atoms with Crippen LogP contribution < -0.4 is 4.74 Å². The SMILES string of the molecule is CO[C@H]1O[C@H](COO[Si](C)(C)C(C)(C)C)C=C[C@H]1Oc1nc2ccccc2s1. The van der Waals surface area contributed by atoms with Crippen molar-refractivity contribution in [1.29, 1.82) is 0 Å². The third-order valence-electron chi connectivity index (χ3n) is 5.14. The largest absolute Gasteiger partial charge is 0.457 e. The first-order chi connectivity index (χ1) is 13.2. The molecule has 1 aliphatic heterocycles. The summed E-state index contributed by atoms with van der Waals surface area (Å²) in [4.78, 5) is 10.0. The van der Waals surface area contributed by atoms with E-state index in [2.05, 4.69) is 38.8 Å². The summed E-state index contributed by atoms with van der Waals surface area (Å²) in [5, 5.41) is 0.680. The zero-order valence-electron chi connectivity index (χ0n) is 17.3. The van der Waals surface area contributed by atoms with Crippen LogP contribution in [0.5, 0.6) is 5.19 Å². The van der Waals surface area contributed by atoms with E-state index in [-0.39, 0.29) is 17.2 Å². The summed E-state index contributed by atoms with van der Waals surface area (Å²) in [5.74, 6) is 0. The molecule has 0 N–H and O–H groups in total. The normalized spacial score (nSPS) is 23.3. The summed E-state index contributed by atoms with van der Waals surface area (Å²) < 4.78 is 24.3. The maximum atomic E-state index is 6.00. The summed E-state index contributed by atoms with van der Waals surface area (Å²) in [7, 11) is -0.361. The number of methoxy groups -OCH3 is 1. The maximum Gasteiger partial charge on any atom is 0.275 e. The lowest BCUT2D eigenvalue weighted by Crippen LogP contribution is -2.43. The Labute approximate surface area is 171 Å². The van der Waals surface area contributed by atoms with Gasteiger partial charge in [0, 0.05) is 7.11 Å². The molecule has 8 heteroatoms. The number of nitrogens with zero attached hydrogens (tertiary/aromatic N) is 1. The molecule has 2 heterocycles. The third-order valence-corrected chi connectivity index (χ3v) is 10.2.